The number of carbonyl (C=O) groups excluding carboxylic acids is 1. The predicted molar refractivity (Wildman–Crippen MR) is 111 cm³/mol. The lowest BCUT2D eigenvalue weighted by Crippen LogP contribution is -2.50. The van der Waals surface area contributed by atoms with Gasteiger partial charge in [-0.15, -0.1) is 11.3 Å². The summed E-state index contributed by atoms with van der Waals surface area (Å²) >= 11 is 7.79. The maximum absolute atomic E-state index is 12.8. The van der Waals surface area contributed by atoms with E-state index in [9.17, 15) is 4.79 Å². The highest BCUT2D eigenvalue weighted by atomic mass is 35.5. The molecule has 0 aliphatic carbocycles. The van der Waals surface area contributed by atoms with Gasteiger partial charge in [-0.1, -0.05) is 36.7 Å². The van der Waals surface area contributed by atoms with Crippen molar-refractivity contribution in [1.29, 1.82) is 0 Å². The highest BCUT2D eigenvalue weighted by Crippen LogP contribution is 2.30. The Kier molecular flexibility index (Phi) is 5.21. The fourth-order valence-corrected chi connectivity index (χ4v) is 4.80. The van der Waals surface area contributed by atoms with Crippen LogP contribution in [0.2, 0.25) is 5.02 Å². The van der Waals surface area contributed by atoms with Crippen molar-refractivity contribution in [1.82, 2.24) is 20.4 Å². The predicted octanol–water partition coefficient (Wildman–Crippen LogP) is 3.84. The molecule has 7 heteroatoms. The minimum Gasteiger partial charge on any atom is -0.347 e. The molecule has 1 aliphatic heterocycles. The van der Waals surface area contributed by atoms with Gasteiger partial charge in [0.1, 0.15) is 4.83 Å². The highest BCUT2D eigenvalue weighted by Gasteiger charge is 2.24. The van der Waals surface area contributed by atoms with E-state index in [4.69, 9.17) is 11.6 Å². The van der Waals surface area contributed by atoms with Crippen LogP contribution in [0.1, 0.15) is 34.3 Å². The second-order valence-electron chi connectivity index (χ2n) is 7.21. The number of halogens is 1. The monoisotopic (exact) mass is 402 g/mol. The molecule has 27 heavy (non-hydrogen) atoms. The molecule has 0 radical (unpaired) electrons. The van der Waals surface area contributed by atoms with E-state index in [-0.39, 0.29) is 11.9 Å². The van der Waals surface area contributed by atoms with Crippen LogP contribution in [-0.4, -0.2) is 34.8 Å². The number of nitrogens with zero attached hydrogens (tertiary/aromatic N) is 2. The first-order chi connectivity index (χ1) is 13.0. The van der Waals surface area contributed by atoms with Gasteiger partial charge in [-0.3, -0.25) is 9.48 Å². The molecule has 2 aromatic heterocycles. The van der Waals surface area contributed by atoms with Crippen LogP contribution in [0.3, 0.4) is 0 Å². The Morgan fingerprint density at radius 3 is 3.04 bits per heavy atom. The molecule has 2 N–H and O–H groups in total. The van der Waals surface area contributed by atoms with Crippen LogP contribution in [-0.2, 0) is 6.54 Å². The highest BCUT2D eigenvalue weighted by molar-refractivity contribution is 7.20. The van der Waals surface area contributed by atoms with Crippen molar-refractivity contribution in [3.63, 3.8) is 0 Å². The van der Waals surface area contributed by atoms with Gasteiger partial charge in [0, 0.05) is 23.0 Å². The normalized spacial score (nSPS) is 20.1. The molecule has 0 saturated carbocycles. The number of hydrogen-bond acceptors (Lipinski definition) is 4. The maximum Gasteiger partial charge on any atom is 0.261 e. The largest absolute Gasteiger partial charge is 0.347 e. The molecule has 3 heterocycles. The van der Waals surface area contributed by atoms with Crippen molar-refractivity contribution in [2.75, 3.05) is 13.1 Å². The van der Waals surface area contributed by atoms with Gasteiger partial charge >= 0.3 is 0 Å². The zero-order valence-electron chi connectivity index (χ0n) is 15.5. The summed E-state index contributed by atoms with van der Waals surface area (Å²) in [7, 11) is 0. The van der Waals surface area contributed by atoms with Gasteiger partial charge in [0.15, 0.2) is 0 Å². The van der Waals surface area contributed by atoms with Crippen LogP contribution in [0, 0.1) is 12.8 Å². The summed E-state index contributed by atoms with van der Waals surface area (Å²) in [4.78, 5) is 14.5. The Balaban J connectivity index is 1.59. The lowest BCUT2D eigenvalue weighted by molar-refractivity contribution is 0.0919. The molecular formula is C20H23ClN4OS. The van der Waals surface area contributed by atoms with E-state index in [1.807, 2.05) is 41.9 Å². The third-order valence-electron chi connectivity index (χ3n) is 5.25. The van der Waals surface area contributed by atoms with Crippen LogP contribution < -0.4 is 10.6 Å². The van der Waals surface area contributed by atoms with Crippen molar-refractivity contribution >= 4 is 39.1 Å². The van der Waals surface area contributed by atoms with Gasteiger partial charge in [-0.05, 0) is 43.5 Å². The summed E-state index contributed by atoms with van der Waals surface area (Å²) in [6, 6.07) is 9.92. The van der Waals surface area contributed by atoms with E-state index in [2.05, 4.69) is 22.7 Å². The van der Waals surface area contributed by atoms with E-state index in [0.29, 0.717) is 12.5 Å². The second-order valence-corrected chi connectivity index (χ2v) is 8.65. The molecule has 3 aromatic rings. The van der Waals surface area contributed by atoms with Gasteiger partial charge in [0.05, 0.1) is 17.1 Å². The van der Waals surface area contributed by atoms with Crippen molar-refractivity contribution in [2.45, 2.75) is 32.9 Å². The number of fused-ring (bicyclic) bond motifs is 1. The number of amides is 1. The Bertz CT molecular complexity index is 980. The minimum absolute atomic E-state index is 0.000411. The molecular weight excluding hydrogens is 380 g/mol. The van der Waals surface area contributed by atoms with Crippen LogP contribution >= 0.6 is 22.9 Å². The van der Waals surface area contributed by atoms with Crippen molar-refractivity contribution in [3.05, 3.63) is 51.5 Å². The minimum atomic E-state index is 0.000411. The van der Waals surface area contributed by atoms with E-state index in [1.54, 1.807) is 0 Å². The summed E-state index contributed by atoms with van der Waals surface area (Å²) in [6.45, 7) is 6.62. The van der Waals surface area contributed by atoms with Crippen molar-refractivity contribution in [3.8, 4) is 0 Å². The van der Waals surface area contributed by atoms with E-state index in [0.717, 1.165) is 50.9 Å². The number of piperidine rings is 1. The van der Waals surface area contributed by atoms with E-state index < -0.39 is 0 Å². The Morgan fingerprint density at radius 1 is 1.44 bits per heavy atom. The van der Waals surface area contributed by atoms with Gasteiger partial charge in [-0.2, -0.15) is 5.10 Å². The molecule has 1 fully saturated rings. The van der Waals surface area contributed by atoms with Gasteiger partial charge in [0.2, 0.25) is 0 Å². The lowest BCUT2D eigenvalue weighted by atomic mass is 9.95. The number of carbonyl (C=O) groups is 1. The molecule has 5 nitrogen and oxygen atoms in total. The second kappa shape index (κ2) is 7.62. The number of benzene rings is 1. The van der Waals surface area contributed by atoms with Gasteiger partial charge < -0.3 is 10.6 Å². The number of nitrogens with one attached hydrogen (secondary N) is 2. The standard InChI is InChI=1S/C20H23ClN4OS/c1-12-7-8-22-10-17(12)23-19(26)18-9-15-13(2)24-25(20(15)27-18)11-14-5-3-4-6-16(14)21/h3-6,9,12,17,22H,7-8,10-11H2,1-2H3,(H,23,26)/t12-,17-/m0/s1. The molecule has 1 aliphatic rings. The van der Waals surface area contributed by atoms with Crippen LogP contribution in [0.5, 0.6) is 0 Å². The number of aromatic nitrogens is 2. The van der Waals surface area contributed by atoms with E-state index >= 15 is 0 Å². The fraction of sp³-hybridized carbons (Fsp3) is 0.400. The third kappa shape index (κ3) is 3.74. The molecule has 1 amide bonds. The molecule has 0 bridgehead atoms. The molecule has 0 unspecified atom stereocenters. The van der Waals surface area contributed by atoms with E-state index in [1.165, 1.54) is 11.3 Å². The first-order valence-corrected chi connectivity index (χ1v) is 10.4. The third-order valence-corrected chi connectivity index (χ3v) is 6.77. The Hall–Kier alpha value is -1.89. The van der Waals surface area contributed by atoms with Crippen molar-refractivity contribution in [2.24, 2.45) is 5.92 Å². The number of aryl methyl sites for hydroxylation is 1. The average Bonchev–Trinajstić information content (AvgIpc) is 3.21. The fourth-order valence-electron chi connectivity index (χ4n) is 3.54. The molecule has 1 aromatic carbocycles. The van der Waals surface area contributed by atoms with Gasteiger partial charge in [-0.25, -0.2) is 0 Å². The molecule has 142 valence electrons. The lowest BCUT2D eigenvalue weighted by Gasteiger charge is -2.30. The summed E-state index contributed by atoms with van der Waals surface area (Å²) in [5, 5.41) is 13.0. The Labute approximate surface area is 167 Å². The molecule has 4 rings (SSSR count). The number of thiophene rings is 1. The average molecular weight is 403 g/mol. The molecule has 1 saturated heterocycles. The quantitative estimate of drug-likeness (QED) is 0.697. The zero-order valence-corrected chi connectivity index (χ0v) is 17.0. The summed E-state index contributed by atoms with van der Waals surface area (Å²) in [5.74, 6) is 0.488. The first kappa shape index (κ1) is 18.5. The van der Waals surface area contributed by atoms with Crippen LogP contribution in [0.25, 0.3) is 10.2 Å². The summed E-state index contributed by atoms with van der Waals surface area (Å²) < 4.78 is 1.94. The summed E-state index contributed by atoms with van der Waals surface area (Å²) in [6.07, 6.45) is 1.09. The van der Waals surface area contributed by atoms with Gasteiger partial charge in [0.25, 0.3) is 5.91 Å². The Morgan fingerprint density at radius 2 is 2.26 bits per heavy atom. The van der Waals surface area contributed by atoms with Crippen LogP contribution in [0.4, 0.5) is 0 Å². The summed E-state index contributed by atoms with van der Waals surface area (Å²) in [5.41, 5.74) is 1.95. The zero-order chi connectivity index (χ0) is 19.0. The SMILES string of the molecule is Cc1nn(Cc2ccccc2Cl)c2sc(C(=O)N[C@H]3CNCC[C@@H]3C)cc12. The topological polar surface area (TPSA) is 59.0 Å². The first-order valence-electron chi connectivity index (χ1n) is 9.25. The maximum atomic E-state index is 12.8. The number of rotatable bonds is 4. The molecule has 0 spiro atoms. The smallest absolute Gasteiger partial charge is 0.261 e. The number of hydrogen-bond donors (Lipinski definition) is 2. The van der Waals surface area contributed by atoms with Crippen LogP contribution in [0.15, 0.2) is 30.3 Å². The molecule has 2 atom stereocenters. The van der Waals surface area contributed by atoms with Crippen molar-refractivity contribution < 1.29 is 4.79 Å².